The zero-order valence-corrected chi connectivity index (χ0v) is 17.6. The number of rotatable bonds is 4. The Morgan fingerprint density at radius 2 is 1.96 bits per heavy atom. The normalized spacial score (nSPS) is 34.0. The Balaban J connectivity index is 2.04. The van der Waals surface area contributed by atoms with Gasteiger partial charge in [0.1, 0.15) is 0 Å². The summed E-state index contributed by atoms with van der Waals surface area (Å²) in [6, 6.07) is 10.6. The average Bonchev–Trinajstić information content (AvgIpc) is 2.65. The number of ether oxygens (including phenoxy) is 1. The summed E-state index contributed by atoms with van der Waals surface area (Å²) < 4.78 is 6.51. The van der Waals surface area contributed by atoms with Crippen LogP contribution in [0, 0.1) is 17.3 Å². The predicted molar refractivity (Wildman–Crippen MR) is 105 cm³/mol. The van der Waals surface area contributed by atoms with Crippen LogP contribution in [0.5, 0.6) is 0 Å². The molecule has 0 saturated heterocycles. The van der Waals surface area contributed by atoms with Crippen molar-refractivity contribution in [2.24, 2.45) is 17.3 Å². The van der Waals surface area contributed by atoms with E-state index in [-0.39, 0.29) is 36.9 Å². The number of hydrogen-bond donors (Lipinski definition) is 0. The molecular formula is C22H28O3Se. The first kappa shape index (κ1) is 19.4. The quantitative estimate of drug-likeness (QED) is 0.324. The van der Waals surface area contributed by atoms with E-state index in [1.165, 1.54) is 11.6 Å². The summed E-state index contributed by atoms with van der Waals surface area (Å²) in [6.45, 7) is 8.06. The Bertz CT molecular complexity index is 703. The van der Waals surface area contributed by atoms with Crippen molar-refractivity contribution < 1.29 is 14.3 Å². The van der Waals surface area contributed by atoms with Gasteiger partial charge in [0.05, 0.1) is 0 Å². The number of fused-ring (bicyclic) bond motifs is 1. The van der Waals surface area contributed by atoms with E-state index in [9.17, 15) is 9.59 Å². The number of Topliss-reactive ketones (excluding diaryl/α,β-unsaturated/α-hetero) is 1. The molecule has 0 heterocycles. The fourth-order valence-corrected chi connectivity index (χ4v) is 8.35. The first-order valence-electron chi connectivity index (χ1n) is 9.34. The molecule has 0 aliphatic heterocycles. The summed E-state index contributed by atoms with van der Waals surface area (Å²) in [5.41, 5.74) is 0.133. The van der Waals surface area contributed by atoms with Crippen molar-refractivity contribution in [2.75, 3.05) is 7.11 Å². The number of ketones is 1. The van der Waals surface area contributed by atoms with Gasteiger partial charge in [0.25, 0.3) is 0 Å². The van der Waals surface area contributed by atoms with E-state index in [2.05, 4.69) is 37.8 Å². The van der Waals surface area contributed by atoms with Gasteiger partial charge in [-0.15, -0.1) is 0 Å². The SMILES string of the molecule is C=C(C)[C@H]1CC[C@]2([Se]c3ccccc3)CCC(=O)[C@](C)(C(=O)OC)[C@@H]2C1. The third-order valence-corrected chi connectivity index (χ3v) is 9.87. The fourth-order valence-electron chi connectivity index (χ4n) is 4.86. The fraction of sp³-hybridized carbons (Fsp3) is 0.545. The van der Waals surface area contributed by atoms with Gasteiger partial charge in [-0.05, 0) is 0 Å². The second kappa shape index (κ2) is 7.32. The Hall–Kier alpha value is -1.38. The predicted octanol–water partition coefficient (Wildman–Crippen LogP) is 3.71. The molecule has 1 aromatic rings. The minimum absolute atomic E-state index is 0.0272. The molecule has 0 aromatic heterocycles. The molecule has 4 heteroatoms. The number of benzene rings is 1. The molecule has 3 nitrogen and oxygen atoms in total. The standard InChI is InChI=1S/C22H28O3Se/c1-15(2)16-10-12-22(26-17-8-6-5-7-9-17)13-11-19(23)21(3,18(22)14-16)20(24)25-4/h5-9,16,18H,1,10-14H2,2-4H3/t16-,18-,21+,22-/m0/s1. The van der Waals surface area contributed by atoms with Crippen LogP contribution in [0.4, 0.5) is 0 Å². The number of methoxy groups -OCH3 is 1. The summed E-state index contributed by atoms with van der Waals surface area (Å²) in [7, 11) is 1.40. The molecule has 2 fully saturated rings. The van der Waals surface area contributed by atoms with Crippen LogP contribution in [0.25, 0.3) is 0 Å². The van der Waals surface area contributed by atoms with Crippen LogP contribution in [-0.4, -0.2) is 33.8 Å². The van der Waals surface area contributed by atoms with E-state index >= 15 is 0 Å². The average molecular weight is 419 g/mol. The summed E-state index contributed by atoms with van der Waals surface area (Å²) in [6.07, 6.45) is 4.40. The Labute approximate surface area is 162 Å². The van der Waals surface area contributed by atoms with Gasteiger partial charge in [0.15, 0.2) is 0 Å². The van der Waals surface area contributed by atoms with Gasteiger partial charge in [-0.2, -0.15) is 0 Å². The number of hydrogen-bond acceptors (Lipinski definition) is 3. The first-order chi connectivity index (χ1) is 12.3. The molecular weight excluding hydrogens is 391 g/mol. The maximum atomic E-state index is 12.9. The van der Waals surface area contributed by atoms with Crippen molar-refractivity contribution in [1.82, 2.24) is 0 Å². The van der Waals surface area contributed by atoms with Gasteiger partial charge < -0.3 is 0 Å². The maximum absolute atomic E-state index is 12.9. The van der Waals surface area contributed by atoms with Crippen LogP contribution >= 0.6 is 0 Å². The van der Waals surface area contributed by atoms with E-state index in [0.29, 0.717) is 12.3 Å². The molecule has 1 aromatic carbocycles. The van der Waals surface area contributed by atoms with Crippen LogP contribution in [0.15, 0.2) is 42.5 Å². The second-order valence-corrected chi connectivity index (χ2v) is 11.1. The second-order valence-electron chi connectivity index (χ2n) is 7.97. The number of allylic oxidation sites excluding steroid dienone is 1. The molecule has 0 unspecified atom stereocenters. The first-order valence-corrected chi connectivity index (χ1v) is 11.1. The Morgan fingerprint density at radius 3 is 2.58 bits per heavy atom. The molecule has 2 saturated carbocycles. The van der Waals surface area contributed by atoms with Gasteiger partial charge >= 0.3 is 163 Å². The van der Waals surface area contributed by atoms with E-state index in [1.807, 2.05) is 13.0 Å². The number of esters is 1. The molecule has 26 heavy (non-hydrogen) atoms. The number of carbonyl (C=O) groups is 2. The summed E-state index contributed by atoms with van der Waals surface area (Å²) in [5.74, 6) is 0.105. The molecule has 2 aliphatic rings. The molecule has 0 bridgehead atoms. The van der Waals surface area contributed by atoms with Crippen LogP contribution in [-0.2, 0) is 14.3 Å². The topological polar surface area (TPSA) is 43.4 Å². The molecule has 3 rings (SSSR count). The summed E-state index contributed by atoms with van der Waals surface area (Å²) in [5, 5.41) is 0. The molecule has 0 radical (unpaired) electrons. The van der Waals surface area contributed by atoms with Crippen molar-refractivity contribution in [3.8, 4) is 0 Å². The van der Waals surface area contributed by atoms with E-state index in [0.717, 1.165) is 31.3 Å². The molecule has 0 spiro atoms. The van der Waals surface area contributed by atoms with Gasteiger partial charge in [-0.1, -0.05) is 0 Å². The van der Waals surface area contributed by atoms with Crippen LogP contribution in [0.1, 0.15) is 46.0 Å². The molecule has 0 N–H and O–H groups in total. The molecule has 4 atom stereocenters. The van der Waals surface area contributed by atoms with Gasteiger partial charge in [0.2, 0.25) is 0 Å². The number of carbonyl (C=O) groups excluding carboxylic acids is 2. The van der Waals surface area contributed by atoms with Gasteiger partial charge in [-0.3, -0.25) is 0 Å². The Morgan fingerprint density at radius 1 is 1.27 bits per heavy atom. The third-order valence-electron chi connectivity index (χ3n) is 6.49. The molecule has 0 amide bonds. The van der Waals surface area contributed by atoms with Crippen LogP contribution in [0.3, 0.4) is 0 Å². The third kappa shape index (κ3) is 3.18. The molecule has 140 valence electrons. The monoisotopic (exact) mass is 420 g/mol. The zero-order chi connectivity index (χ0) is 18.9. The Kier molecular flexibility index (Phi) is 5.46. The molecule has 2 aliphatic carbocycles. The van der Waals surface area contributed by atoms with Crippen molar-refractivity contribution in [1.29, 1.82) is 0 Å². The van der Waals surface area contributed by atoms with Crippen LogP contribution < -0.4 is 4.46 Å². The van der Waals surface area contributed by atoms with Crippen molar-refractivity contribution in [2.45, 2.75) is 50.3 Å². The zero-order valence-electron chi connectivity index (χ0n) is 15.9. The van der Waals surface area contributed by atoms with Crippen molar-refractivity contribution in [3.05, 3.63) is 42.5 Å². The summed E-state index contributed by atoms with van der Waals surface area (Å²) in [4.78, 5) is 25.7. The van der Waals surface area contributed by atoms with E-state index in [1.54, 1.807) is 0 Å². The minimum atomic E-state index is -1.03. The van der Waals surface area contributed by atoms with E-state index in [4.69, 9.17) is 4.74 Å². The van der Waals surface area contributed by atoms with Crippen molar-refractivity contribution >= 4 is 31.2 Å². The van der Waals surface area contributed by atoms with Crippen LogP contribution in [0.2, 0.25) is 4.31 Å². The van der Waals surface area contributed by atoms with E-state index < -0.39 is 5.41 Å². The van der Waals surface area contributed by atoms with Gasteiger partial charge in [0, 0.05) is 0 Å². The summed E-state index contributed by atoms with van der Waals surface area (Å²) >= 11 is 0.217. The van der Waals surface area contributed by atoms with Gasteiger partial charge in [-0.25, -0.2) is 0 Å². The van der Waals surface area contributed by atoms with Crippen molar-refractivity contribution in [3.63, 3.8) is 0 Å².